The maximum Gasteiger partial charge on any atom is 0.0709 e. The second-order valence-electron chi connectivity index (χ2n) is 5.39. The summed E-state index contributed by atoms with van der Waals surface area (Å²) in [5, 5.41) is 1.61. The highest BCUT2D eigenvalue weighted by atomic mass is 35.5. The van der Waals surface area contributed by atoms with Crippen LogP contribution < -0.4 is 0 Å². The minimum atomic E-state index is 0.225. The standard InChI is InChI=1S/C16H19ClS/c1-11-13-9-5-6-10-14(13)18-16(11)15(17)12-7-3-2-4-8-12/h5-6,9-10,12,15H,2-4,7-8H2,1H3. The molecule has 0 radical (unpaired) electrons. The third kappa shape index (κ3) is 2.19. The predicted octanol–water partition coefficient (Wildman–Crippen LogP) is 6.07. The number of aryl methyl sites for hydroxylation is 1. The van der Waals surface area contributed by atoms with Crippen LogP contribution in [0.1, 0.15) is 47.9 Å². The minimum absolute atomic E-state index is 0.225. The first-order valence-electron chi connectivity index (χ1n) is 6.89. The molecule has 0 amide bonds. The van der Waals surface area contributed by atoms with Crippen LogP contribution in [0.4, 0.5) is 0 Å². The van der Waals surface area contributed by atoms with Gasteiger partial charge < -0.3 is 0 Å². The van der Waals surface area contributed by atoms with Gasteiger partial charge in [-0.1, -0.05) is 37.5 Å². The number of benzene rings is 1. The van der Waals surface area contributed by atoms with Gasteiger partial charge in [-0.3, -0.25) is 0 Å². The van der Waals surface area contributed by atoms with E-state index in [1.165, 1.54) is 52.6 Å². The van der Waals surface area contributed by atoms with Crippen LogP contribution in [0.5, 0.6) is 0 Å². The summed E-state index contributed by atoms with van der Waals surface area (Å²) >= 11 is 8.67. The molecule has 0 spiro atoms. The minimum Gasteiger partial charge on any atom is -0.138 e. The Hall–Kier alpha value is -0.530. The summed E-state index contributed by atoms with van der Waals surface area (Å²) in [6, 6.07) is 8.66. The lowest BCUT2D eigenvalue weighted by Crippen LogP contribution is -2.11. The molecule has 1 unspecified atom stereocenters. The van der Waals surface area contributed by atoms with Gasteiger partial charge in [0.25, 0.3) is 0 Å². The molecule has 18 heavy (non-hydrogen) atoms. The molecule has 0 nitrogen and oxygen atoms in total. The quantitative estimate of drug-likeness (QED) is 0.585. The summed E-state index contributed by atoms with van der Waals surface area (Å²) in [4.78, 5) is 1.41. The molecular formula is C16H19ClS. The van der Waals surface area contributed by atoms with Crippen molar-refractivity contribution in [3.63, 3.8) is 0 Å². The molecule has 2 aromatic rings. The van der Waals surface area contributed by atoms with Gasteiger partial charge in [0.15, 0.2) is 0 Å². The molecule has 1 fully saturated rings. The Morgan fingerprint density at radius 3 is 2.61 bits per heavy atom. The molecule has 1 aromatic heterocycles. The third-order valence-electron chi connectivity index (χ3n) is 4.19. The Balaban J connectivity index is 1.95. The van der Waals surface area contributed by atoms with Crippen molar-refractivity contribution < 1.29 is 0 Å². The largest absolute Gasteiger partial charge is 0.138 e. The highest BCUT2D eigenvalue weighted by molar-refractivity contribution is 7.19. The zero-order valence-corrected chi connectivity index (χ0v) is 12.4. The topological polar surface area (TPSA) is 0 Å². The van der Waals surface area contributed by atoms with Crippen molar-refractivity contribution in [1.29, 1.82) is 0 Å². The van der Waals surface area contributed by atoms with Crippen molar-refractivity contribution in [2.45, 2.75) is 44.4 Å². The summed E-state index contributed by atoms with van der Waals surface area (Å²) in [7, 11) is 0. The zero-order chi connectivity index (χ0) is 12.5. The van der Waals surface area contributed by atoms with Crippen molar-refractivity contribution >= 4 is 33.0 Å². The van der Waals surface area contributed by atoms with Crippen LogP contribution in [0, 0.1) is 12.8 Å². The highest BCUT2D eigenvalue weighted by Gasteiger charge is 2.26. The summed E-state index contributed by atoms with van der Waals surface area (Å²) in [6.45, 7) is 2.23. The van der Waals surface area contributed by atoms with Gasteiger partial charge in [-0.15, -0.1) is 22.9 Å². The summed E-state index contributed by atoms with van der Waals surface area (Å²) in [5.41, 5.74) is 1.40. The number of hydrogen-bond acceptors (Lipinski definition) is 1. The Morgan fingerprint density at radius 1 is 1.17 bits per heavy atom. The van der Waals surface area contributed by atoms with Gasteiger partial charge in [-0.05, 0) is 42.7 Å². The number of rotatable bonds is 2. The van der Waals surface area contributed by atoms with Crippen molar-refractivity contribution in [2.24, 2.45) is 5.92 Å². The Kier molecular flexibility index (Phi) is 3.63. The molecule has 1 heterocycles. The fourth-order valence-electron chi connectivity index (χ4n) is 3.10. The molecule has 0 N–H and O–H groups in total. The SMILES string of the molecule is Cc1c(C(Cl)C2CCCCC2)sc2ccccc12. The van der Waals surface area contributed by atoms with Crippen LogP contribution in [0.15, 0.2) is 24.3 Å². The lowest BCUT2D eigenvalue weighted by atomic mass is 9.85. The van der Waals surface area contributed by atoms with E-state index in [1.807, 2.05) is 11.3 Å². The lowest BCUT2D eigenvalue weighted by molar-refractivity contribution is 0.350. The molecule has 1 atom stereocenters. The van der Waals surface area contributed by atoms with Crippen LogP contribution in [-0.4, -0.2) is 0 Å². The summed E-state index contributed by atoms with van der Waals surface area (Å²) in [5.74, 6) is 0.687. The zero-order valence-electron chi connectivity index (χ0n) is 10.8. The Morgan fingerprint density at radius 2 is 1.89 bits per heavy atom. The lowest BCUT2D eigenvalue weighted by Gasteiger charge is -2.25. The number of halogens is 1. The maximum absolute atomic E-state index is 6.77. The van der Waals surface area contributed by atoms with E-state index in [-0.39, 0.29) is 5.38 Å². The maximum atomic E-state index is 6.77. The monoisotopic (exact) mass is 278 g/mol. The van der Waals surface area contributed by atoms with Crippen LogP contribution >= 0.6 is 22.9 Å². The van der Waals surface area contributed by atoms with Gasteiger partial charge in [0.05, 0.1) is 5.38 Å². The molecule has 2 heteroatoms. The van der Waals surface area contributed by atoms with E-state index in [4.69, 9.17) is 11.6 Å². The van der Waals surface area contributed by atoms with Crippen LogP contribution in [-0.2, 0) is 0 Å². The Bertz CT molecular complexity index is 537. The van der Waals surface area contributed by atoms with Gasteiger partial charge in [0, 0.05) is 9.58 Å². The van der Waals surface area contributed by atoms with E-state index in [0.29, 0.717) is 5.92 Å². The van der Waals surface area contributed by atoms with E-state index >= 15 is 0 Å². The first-order chi connectivity index (χ1) is 8.77. The third-order valence-corrected chi connectivity index (χ3v) is 6.25. The fraction of sp³-hybridized carbons (Fsp3) is 0.500. The molecule has 3 rings (SSSR count). The smallest absolute Gasteiger partial charge is 0.0709 e. The van der Waals surface area contributed by atoms with Crippen LogP contribution in [0.3, 0.4) is 0 Å². The van der Waals surface area contributed by atoms with Gasteiger partial charge >= 0.3 is 0 Å². The molecule has 1 saturated carbocycles. The molecule has 0 aliphatic heterocycles. The van der Waals surface area contributed by atoms with Crippen molar-refractivity contribution in [2.75, 3.05) is 0 Å². The number of fused-ring (bicyclic) bond motifs is 1. The Labute approximate surface area is 118 Å². The van der Waals surface area contributed by atoms with Crippen LogP contribution in [0.2, 0.25) is 0 Å². The highest BCUT2D eigenvalue weighted by Crippen LogP contribution is 2.44. The van der Waals surface area contributed by atoms with Gasteiger partial charge in [0.1, 0.15) is 0 Å². The van der Waals surface area contributed by atoms with Crippen molar-refractivity contribution in [3.05, 3.63) is 34.7 Å². The summed E-state index contributed by atoms with van der Waals surface area (Å²) < 4.78 is 1.38. The van der Waals surface area contributed by atoms with Crippen molar-refractivity contribution in [1.82, 2.24) is 0 Å². The van der Waals surface area contributed by atoms with Gasteiger partial charge in [-0.2, -0.15) is 0 Å². The molecule has 0 saturated heterocycles. The number of thiophene rings is 1. The average molecular weight is 279 g/mol. The number of alkyl halides is 1. The molecule has 96 valence electrons. The van der Waals surface area contributed by atoms with Crippen LogP contribution in [0.25, 0.3) is 10.1 Å². The first kappa shape index (κ1) is 12.5. The fourth-order valence-corrected chi connectivity index (χ4v) is 4.93. The van der Waals surface area contributed by atoms with Crippen molar-refractivity contribution in [3.8, 4) is 0 Å². The predicted molar refractivity (Wildman–Crippen MR) is 81.7 cm³/mol. The number of hydrogen-bond donors (Lipinski definition) is 0. The molecule has 1 aliphatic rings. The van der Waals surface area contributed by atoms with E-state index in [1.54, 1.807) is 0 Å². The molecule has 0 bridgehead atoms. The van der Waals surface area contributed by atoms with E-state index in [2.05, 4.69) is 31.2 Å². The second-order valence-corrected chi connectivity index (χ2v) is 6.94. The molecule has 1 aromatic carbocycles. The summed E-state index contributed by atoms with van der Waals surface area (Å²) in [6.07, 6.45) is 6.73. The van der Waals surface area contributed by atoms with E-state index in [0.717, 1.165) is 0 Å². The first-order valence-corrected chi connectivity index (χ1v) is 8.15. The normalized spacial score (nSPS) is 19.2. The van der Waals surface area contributed by atoms with Gasteiger partial charge in [0.2, 0.25) is 0 Å². The van der Waals surface area contributed by atoms with E-state index in [9.17, 15) is 0 Å². The second kappa shape index (κ2) is 5.22. The van der Waals surface area contributed by atoms with Gasteiger partial charge in [-0.25, -0.2) is 0 Å². The van der Waals surface area contributed by atoms with E-state index < -0.39 is 0 Å². The average Bonchev–Trinajstić information content (AvgIpc) is 2.77. The molecule has 1 aliphatic carbocycles. The molecular weight excluding hydrogens is 260 g/mol.